The van der Waals surface area contributed by atoms with Crippen LogP contribution in [0.5, 0.6) is 0 Å². The third-order valence-corrected chi connectivity index (χ3v) is 2.11. The van der Waals surface area contributed by atoms with E-state index < -0.39 is 0 Å². The lowest BCUT2D eigenvalue weighted by Crippen LogP contribution is -2.13. The van der Waals surface area contributed by atoms with E-state index in [4.69, 9.17) is 9.47 Å². The molecule has 0 radical (unpaired) electrons. The number of hydrogen-bond donors (Lipinski definition) is 0. The maximum atomic E-state index is 11.0. The van der Waals surface area contributed by atoms with Gasteiger partial charge in [-0.25, -0.2) is 4.79 Å². The van der Waals surface area contributed by atoms with Crippen molar-refractivity contribution in [1.82, 2.24) is 0 Å². The largest absolute Gasteiger partial charge is 0.464 e. The third-order valence-electron chi connectivity index (χ3n) is 2.11. The Labute approximate surface area is 93.1 Å². The summed E-state index contributed by atoms with van der Waals surface area (Å²) in [6.07, 6.45) is 4.58. The lowest BCUT2D eigenvalue weighted by atomic mass is 10.1. The Morgan fingerprint density at radius 1 is 1.20 bits per heavy atom. The maximum absolute atomic E-state index is 11.0. The van der Waals surface area contributed by atoms with Crippen LogP contribution >= 0.6 is 0 Å². The average Bonchev–Trinajstić information content (AvgIpc) is 2.19. The predicted molar refractivity (Wildman–Crippen MR) is 60.8 cm³/mol. The first-order valence-electron chi connectivity index (χ1n) is 5.90. The molecule has 0 amide bonds. The molecule has 0 saturated carbocycles. The molecule has 0 heterocycles. The van der Waals surface area contributed by atoms with Gasteiger partial charge < -0.3 is 9.47 Å². The minimum absolute atomic E-state index is 0.0858. The summed E-state index contributed by atoms with van der Waals surface area (Å²) >= 11 is 0. The summed E-state index contributed by atoms with van der Waals surface area (Å²) in [5, 5.41) is 0. The molecular formula is C12H24O3. The van der Waals surface area contributed by atoms with E-state index in [1.165, 1.54) is 12.8 Å². The van der Waals surface area contributed by atoms with Gasteiger partial charge in [0.05, 0.1) is 6.61 Å². The van der Waals surface area contributed by atoms with Crippen LogP contribution in [0, 0.1) is 5.92 Å². The van der Waals surface area contributed by atoms with E-state index in [-0.39, 0.29) is 12.6 Å². The van der Waals surface area contributed by atoms with Crippen LogP contribution in [0.3, 0.4) is 0 Å². The van der Waals surface area contributed by atoms with Gasteiger partial charge in [-0.1, -0.05) is 33.1 Å². The van der Waals surface area contributed by atoms with Crippen molar-refractivity contribution in [3.05, 3.63) is 0 Å². The fourth-order valence-corrected chi connectivity index (χ4v) is 1.24. The first kappa shape index (κ1) is 14.4. The molecule has 3 nitrogen and oxygen atoms in total. The highest BCUT2D eigenvalue weighted by molar-refractivity contribution is 5.70. The average molecular weight is 216 g/mol. The fraction of sp³-hybridized carbons (Fsp3) is 0.917. The Hall–Kier alpha value is -0.570. The van der Waals surface area contributed by atoms with Crippen LogP contribution in [0.4, 0.5) is 0 Å². The van der Waals surface area contributed by atoms with Crippen molar-refractivity contribution < 1.29 is 14.3 Å². The predicted octanol–water partition coefficient (Wildman–Crippen LogP) is 2.78. The molecule has 0 aromatic heterocycles. The number of esters is 1. The summed E-state index contributed by atoms with van der Waals surface area (Å²) < 4.78 is 9.92. The number of rotatable bonds is 9. The number of hydrogen-bond acceptors (Lipinski definition) is 3. The third kappa shape index (κ3) is 11.4. The van der Waals surface area contributed by atoms with Gasteiger partial charge in [0.1, 0.15) is 6.61 Å². The van der Waals surface area contributed by atoms with Crippen molar-refractivity contribution in [2.45, 2.75) is 46.5 Å². The van der Waals surface area contributed by atoms with Crippen molar-refractivity contribution in [2.24, 2.45) is 5.92 Å². The molecule has 0 aliphatic rings. The number of carbonyl (C=O) groups excluding carboxylic acids is 1. The van der Waals surface area contributed by atoms with E-state index in [2.05, 4.69) is 13.8 Å². The molecule has 0 saturated heterocycles. The summed E-state index contributed by atoms with van der Waals surface area (Å²) in [6.45, 7) is 7.49. The second-order valence-electron chi connectivity index (χ2n) is 4.10. The van der Waals surface area contributed by atoms with Crippen LogP contribution < -0.4 is 0 Å². The Bertz CT molecular complexity index is 155. The molecule has 0 bridgehead atoms. The molecule has 90 valence electrons. The van der Waals surface area contributed by atoms with Crippen molar-refractivity contribution in [1.29, 1.82) is 0 Å². The molecule has 0 atom stereocenters. The monoisotopic (exact) mass is 216 g/mol. The van der Waals surface area contributed by atoms with Gasteiger partial charge in [-0.05, 0) is 19.3 Å². The SMILES string of the molecule is CCOCC(=O)OCCCCCC(C)C. The van der Waals surface area contributed by atoms with Gasteiger partial charge in [0.25, 0.3) is 0 Å². The van der Waals surface area contributed by atoms with Crippen molar-refractivity contribution in [3.8, 4) is 0 Å². The summed E-state index contributed by atoms with van der Waals surface area (Å²) in [4.78, 5) is 11.0. The van der Waals surface area contributed by atoms with E-state index >= 15 is 0 Å². The van der Waals surface area contributed by atoms with E-state index in [0.29, 0.717) is 13.2 Å². The quantitative estimate of drug-likeness (QED) is 0.439. The van der Waals surface area contributed by atoms with Crippen molar-refractivity contribution in [2.75, 3.05) is 19.8 Å². The van der Waals surface area contributed by atoms with E-state index in [1.807, 2.05) is 6.92 Å². The smallest absolute Gasteiger partial charge is 0.332 e. The van der Waals surface area contributed by atoms with E-state index in [1.54, 1.807) is 0 Å². The molecule has 15 heavy (non-hydrogen) atoms. The first-order valence-corrected chi connectivity index (χ1v) is 5.90. The topological polar surface area (TPSA) is 35.5 Å². The lowest BCUT2D eigenvalue weighted by molar-refractivity contribution is -0.148. The zero-order valence-corrected chi connectivity index (χ0v) is 10.3. The fourth-order valence-electron chi connectivity index (χ4n) is 1.24. The van der Waals surface area contributed by atoms with Crippen molar-refractivity contribution >= 4 is 5.97 Å². The molecule has 3 heteroatoms. The van der Waals surface area contributed by atoms with Gasteiger partial charge in [-0.15, -0.1) is 0 Å². The van der Waals surface area contributed by atoms with Gasteiger partial charge in [0, 0.05) is 6.61 Å². The summed E-state index contributed by atoms with van der Waals surface area (Å²) in [5.74, 6) is 0.520. The molecule has 0 aliphatic heterocycles. The van der Waals surface area contributed by atoms with Gasteiger partial charge >= 0.3 is 5.97 Å². The van der Waals surface area contributed by atoms with Crippen LogP contribution in [0.15, 0.2) is 0 Å². The highest BCUT2D eigenvalue weighted by Gasteiger charge is 2.01. The first-order chi connectivity index (χ1) is 7.16. The van der Waals surface area contributed by atoms with Crippen LogP contribution in [-0.4, -0.2) is 25.8 Å². The van der Waals surface area contributed by atoms with Gasteiger partial charge in [-0.3, -0.25) is 0 Å². The maximum Gasteiger partial charge on any atom is 0.332 e. The normalized spacial score (nSPS) is 10.7. The zero-order valence-electron chi connectivity index (χ0n) is 10.3. The zero-order chi connectivity index (χ0) is 11.5. The molecule has 0 spiro atoms. The molecule has 0 aromatic carbocycles. The highest BCUT2D eigenvalue weighted by Crippen LogP contribution is 2.07. The summed E-state index contributed by atoms with van der Waals surface area (Å²) in [5.41, 5.74) is 0. The second-order valence-corrected chi connectivity index (χ2v) is 4.10. The molecule has 0 aromatic rings. The van der Waals surface area contributed by atoms with Crippen LogP contribution in [0.1, 0.15) is 46.5 Å². The lowest BCUT2D eigenvalue weighted by Gasteiger charge is -2.06. The van der Waals surface area contributed by atoms with E-state index in [9.17, 15) is 4.79 Å². The highest BCUT2D eigenvalue weighted by atomic mass is 16.6. The van der Waals surface area contributed by atoms with E-state index in [0.717, 1.165) is 18.8 Å². The number of ether oxygens (including phenoxy) is 2. The standard InChI is InChI=1S/C12H24O3/c1-4-14-10-12(13)15-9-7-5-6-8-11(2)3/h11H,4-10H2,1-3H3. The second kappa shape index (κ2) is 9.97. The number of carbonyl (C=O) groups is 1. The summed E-state index contributed by atoms with van der Waals surface area (Å²) in [6, 6.07) is 0. The Morgan fingerprint density at radius 3 is 2.53 bits per heavy atom. The van der Waals surface area contributed by atoms with Crippen LogP contribution in [0.25, 0.3) is 0 Å². The number of unbranched alkanes of at least 4 members (excludes halogenated alkanes) is 2. The molecular weight excluding hydrogens is 192 g/mol. The molecule has 0 N–H and O–H groups in total. The minimum atomic E-state index is -0.249. The Morgan fingerprint density at radius 2 is 1.93 bits per heavy atom. The van der Waals surface area contributed by atoms with Gasteiger partial charge in [0.2, 0.25) is 0 Å². The van der Waals surface area contributed by atoms with Crippen LogP contribution in [0.2, 0.25) is 0 Å². The molecule has 0 rings (SSSR count). The minimum Gasteiger partial charge on any atom is -0.464 e. The Kier molecular flexibility index (Phi) is 9.59. The van der Waals surface area contributed by atoms with Crippen LogP contribution in [-0.2, 0) is 14.3 Å². The molecule has 0 fully saturated rings. The van der Waals surface area contributed by atoms with Gasteiger partial charge in [0.15, 0.2) is 0 Å². The van der Waals surface area contributed by atoms with Gasteiger partial charge in [-0.2, -0.15) is 0 Å². The Balaban J connectivity index is 3.13. The molecule has 0 unspecified atom stereocenters. The molecule has 0 aliphatic carbocycles. The summed E-state index contributed by atoms with van der Waals surface area (Å²) in [7, 11) is 0. The van der Waals surface area contributed by atoms with Crippen molar-refractivity contribution in [3.63, 3.8) is 0 Å².